The molecule has 0 fully saturated rings. The standard InChI is InChI=1S/C11H18N4OS/c1-5-9(10(12)15-16)17-11-13-7(3)6(2)8(4)14-11/h9,16H,5H2,1-4H3,(H2,12,15). The predicted octanol–water partition coefficient (Wildman–Crippen LogP) is 2.02. The number of nitrogens with zero attached hydrogens (tertiary/aromatic N) is 3. The van der Waals surface area contributed by atoms with E-state index in [1.165, 1.54) is 11.8 Å². The summed E-state index contributed by atoms with van der Waals surface area (Å²) in [5.74, 6) is 0.206. The summed E-state index contributed by atoms with van der Waals surface area (Å²) >= 11 is 1.42. The van der Waals surface area contributed by atoms with Crippen LogP contribution in [0.1, 0.15) is 30.3 Å². The number of oxime groups is 1. The van der Waals surface area contributed by atoms with Crippen LogP contribution in [-0.4, -0.2) is 26.3 Å². The molecule has 0 saturated carbocycles. The lowest BCUT2D eigenvalue weighted by molar-refractivity contribution is 0.317. The van der Waals surface area contributed by atoms with Crippen LogP contribution in [0, 0.1) is 20.8 Å². The van der Waals surface area contributed by atoms with Crippen LogP contribution in [0.5, 0.6) is 0 Å². The van der Waals surface area contributed by atoms with Crippen LogP contribution in [0.25, 0.3) is 0 Å². The van der Waals surface area contributed by atoms with Crippen LogP contribution in [0.15, 0.2) is 10.3 Å². The fraction of sp³-hybridized carbons (Fsp3) is 0.545. The van der Waals surface area contributed by atoms with E-state index in [0.717, 1.165) is 23.4 Å². The smallest absolute Gasteiger partial charge is 0.188 e. The molecule has 0 amide bonds. The average Bonchev–Trinajstić information content (AvgIpc) is 2.31. The monoisotopic (exact) mass is 254 g/mol. The quantitative estimate of drug-likeness (QED) is 0.214. The lowest BCUT2D eigenvalue weighted by atomic mass is 10.2. The molecular weight excluding hydrogens is 236 g/mol. The van der Waals surface area contributed by atoms with Crippen molar-refractivity contribution in [3.63, 3.8) is 0 Å². The van der Waals surface area contributed by atoms with Crippen LogP contribution in [0.2, 0.25) is 0 Å². The van der Waals surface area contributed by atoms with Gasteiger partial charge in [0.15, 0.2) is 11.0 Å². The lowest BCUT2D eigenvalue weighted by Gasteiger charge is -2.13. The molecule has 94 valence electrons. The van der Waals surface area contributed by atoms with Gasteiger partial charge >= 0.3 is 0 Å². The van der Waals surface area contributed by atoms with E-state index in [2.05, 4.69) is 15.1 Å². The Bertz CT molecular complexity index is 410. The van der Waals surface area contributed by atoms with Crippen molar-refractivity contribution in [2.45, 2.75) is 44.5 Å². The third-order valence-electron chi connectivity index (χ3n) is 2.68. The third kappa shape index (κ3) is 3.33. The molecule has 0 spiro atoms. The first-order chi connectivity index (χ1) is 7.99. The maximum atomic E-state index is 8.68. The van der Waals surface area contributed by atoms with Gasteiger partial charge in [0.2, 0.25) is 0 Å². The fourth-order valence-electron chi connectivity index (χ4n) is 1.34. The van der Waals surface area contributed by atoms with E-state index in [4.69, 9.17) is 10.9 Å². The van der Waals surface area contributed by atoms with E-state index < -0.39 is 0 Å². The molecule has 1 unspecified atom stereocenters. The number of amidine groups is 1. The summed E-state index contributed by atoms with van der Waals surface area (Å²) in [6.07, 6.45) is 0.760. The molecule has 0 bridgehead atoms. The fourth-order valence-corrected chi connectivity index (χ4v) is 2.31. The molecule has 0 saturated heterocycles. The van der Waals surface area contributed by atoms with E-state index in [9.17, 15) is 0 Å². The molecule has 3 N–H and O–H groups in total. The van der Waals surface area contributed by atoms with Crippen LogP contribution >= 0.6 is 11.8 Å². The number of thioether (sulfide) groups is 1. The molecule has 5 nitrogen and oxygen atoms in total. The highest BCUT2D eigenvalue weighted by molar-refractivity contribution is 8.00. The van der Waals surface area contributed by atoms with Gasteiger partial charge in [-0.2, -0.15) is 0 Å². The Morgan fingerprint density at radius 2 is 1.88 bits per heavy atom. The predicted molar refractivity (Wildman–Crippen MR) is 69.6 cm³/mol. The first-order valence-corrected chi connectivity index (χ1v) is 6.33. The zero-order valence-corrected chi connectivity index (χ0v) is 11.4. The molecule has 0 radical (unpaired) electrons. The molecule has 1 aromatic rings. The van der Waals surface area contributed by atoms with Gasteiger partial charge in [-0.1, -0.05) is 23.8 Å². The van der Waals surface area contributed by atoms with Crippen molar-refractivity contribution < 1.29 is 5.21 Å². The average molecular weight is 254 g/mol. The van der Waals surface area contributed by atoms with Gasteiger partial charge in [-0.15, -0.1) is 0 Å². The summed E-state index contributed by atoms with van der Waals surface area (Å²) in [6, 6.07) is 0. The Kier molecular flexibility index (Phi) is 4.74. The van der Waals surface area contributed by atoms with Crippen LogP contribution in [0.4, 0.5) is 0 Å². The molecule has 1 atom stereocenters. The Hall–Kier alpha value is -1.30. The molecule has 0 aliphatic carbocycles. The van der Waals surface area contributed by atoms with Crippen molar-refractivity contribution >= 4 is 17.6 Å². The zero-order valence-electron chi connectivity index (χ0n) is 10.6. The SMILES string of the molecule is CCC(Sc1nc(C)c(C)c(C)n1)C(N)=NO. The molecule has 1 heterocycles. The van der Waals surface area contributed by atoms with Gasteiger partial charge in [0.05, 0.1) is 5.25 Å². The first kappa shape index (κ1) is 13.8. The van der Waals surface area contributed by atoms with Gasteiger partial charge in [0.25, 0.3) is 0 Å². The molecule has 6 heteroatoms. The minimum atomic E-state index is -0.0958. The molecule has 17 heavy (non-hydrogen) atoms. The number of hydrogen-bond donors (Lipinski definition) is 2. The van der Waals surface area contributed by atoms with Crippen LogP contribution < -0.4 is 5.73 Å². The van der Waals surface area contributed by atoms with Gasteiger partial charge in [-0.25, -0.2) is 9.97 Å². The minimum Gasteiger partial charge on any atom is -0.409 e. The maximum Gasteiger partial charge on any atom is 0.188 e. The summed E-state index contributed by atoms with van der Waals surface area (Å²) in [6.45, 7) is 7.89. The lowest BCUT2D eigenvalue weighted by Crippen LogP contribution is -2.25. The molecule has 0 aliphatic rings. The Morgan fingerprint density at radius 1 is 1.35 bits per heavy atom. The van der Waals surface area contributed by atoms with Crippen molar-refractivity contribution in [2.24, 2.45) is 10.9 Å². The van der Waals surface area contributed by atoms with Crippen molar-refractivity contribution in [1.29, 1.82) is 0 Å². The first-order valence-electron chi connectivity index (χ1n) is 5.45. The maximum absolute atomic E-state index is 8.68. The normalized spacial score (nSPS) is 13.8. The van der Waals surface area contributed by atoms with Gasteiger partial charge in [-0.05, 0) is 32.8 Å². The number of aromatic nitrogens is 2. The third-order valence-corrected chi connectivity index (χ3v) is 3.93. The van der Waals surface area contributed by atoms with Gasteiger partial charge < -0.3 is 10.9 Å². The summed E-state index contributed by atoms with van der Waals surface area (Å²) in [7, 11) is 0. The van der Waals surface area contributed by atoms with Gasteiger partial charge in [0.1, 0.15) is 0 Å². The van der Waals surface area contributed by atoms with E-state index in [1.807, 2.05) is 27.7 Å². The largest absolute Gasteiger partial charge is 0.409 e. The highest BCUT2D eigenvalue weighted by Gasteiger charge is 2.16. The number of nitrogens with two attached hydrogens (primary N) is 1. The van der Waals surface area contributed by atoms with Crippen molar-refractivity contribution in [1.82, 2.24) is 9.97 Å². The number of rotatable bonds is 4. The molecule has 0 aromatic carbocycles. The summed E-state index contributed by atoms with van der Waals surface area (Å²) in [4.78, 5) is 8.80. The Balaban J connectivity index is 2.95. The topological polar surface area (TPSA) is 84.4 Å². The number of aryl methyl sites for hydroxylation is 2. The minimum absolute atomic E-state index is 0.0958. The van der Waals surface area contributed by atoms with E-state index in [1.54, 1.807) is 0 Å². The second-order valence-corrected chi connectivity index (χ2v) is 5.01. The second-order valence-electron chi connectivity index (χ2n) is 3.84. The molecular formula is C11H18N4OS. The van der Waals surface area contributed by atoms with Crippen LogP contribution in [0.3, 0.4) is 0 Å². The summed E-state index contributed by atoms with van der Waals surface area (Å²) < 4.78 is 0. The van der Waals surface area contributed by atoms with Crippen molar-refractivity contribution in [2.75, 3.05) is 0 Å². The van der Waals surface area contributed by atoms with Crippen molar-refractivity contribution in [3.05, 3.63) is 17.0 Å². The Labute approximate surface area is 106 Å². The van der Waals surface area contributed by atoms with E-state index in [0.29, 0.717) is 5.16 Å². The second kappa shape index (κ2) is 5.86. The summed E-state index contributed by atoms with van der Waals surface area (Å²) in [5.41, 5.74) is 8.64. The molecule has 1 aromatic heterocycles. The highest BCUT2D eigenvalue weighted by Crippen LogP contribution is 2.23. The van der Waals surface area contributed by atoms with Gasteiger partial charge in [-0.3, -0.25) is 0 Å². The Morgan fingerprint density at radius 3 is 2.29 bits per heavy atom. The van der Waals surface area contributed by atoms with Crippen LogP contribution in [-0.2, 0) is 0 Å². The van der Waals surface area contributed by atoms with E-state index >= 15 is 0 Å². The number of hydrogen-bond acceptors (Lipinski definition) is 5. The molecule has 0 aliphatic heterocycles. The molecule has 1 rings (SSSR count). The van der Waals surface area contributed by atoms with Gasteiger partial charge in [0, 0.05) is 11.4 Å². The summed E-state index contributed by atoms with van der Waals surface area (Å²) in [5, 5.41) is 12.3. The van der Waals surface area contributed by atoms with E-state index in [-0.39, 0.29) is 11.1 Å². The highest BCUT2D eigenvalue weighted by atomic mass is 32.2. The zero-order chi connectivity index (χ0) is 13.0. The van der Waals surface area contributed by atoms with Crippen molar-refractivity contribution in [3.8, 4) is 0 Å².